The molecule has 24 heavy (non-hydrogen) atoms. The van der Waals surface area contributed by atoms with Crippen LogP contribution in [0, 0.1) is 0 Å². The van der Waals surface area contributed by atoms with Gasteiger partial charge in [-0.2, -0.15) is 0 Å². The molecule has 0 aromatic heterocycles. The largest absolute Gasteiger partial charge is 0.452 e. The zero-order chi connectivity index (χ0) is 17.4. The molecule has 1 saturated heterocycles. The van der Waals surface area contributed by atoms with Crippen LogP contribution in [0.25, 0.3) is 0 Å². The van der Waals surface area contributed by atoms with Gasteiger partial charge in [-0.1, -0.05) is 18.2 Å². The maximum Gasteiger partial charge on any atom is 0.308 e. The fraction of sp³-hybridized carbons (Fsp3) is 0.471. The van der Waals surface area contributed by atoms with Crippen LogP contribution in [0.4, 0.5) is 0 Å². The molecule has 7 nitrogen and oxygen atoms in total. The lowest BCUT2D eigenvalue weighted by molar-refractivity contribution is -0.160. The Morgan fingerprint density at radius 2 is 1.88 bits per heavy atom. The third kappa shape index (κ3) is 5.34. The van der Waals surface area contributed by atoms with Crippen LogP contribution in [-0.2, 0) is 19.1 Å². The van der Waals surface area contributed by atoms with Gasteiger partial charge in [0, 0.05) is 25.2 Å². The van der Waals surface area contributed by atoms with Crippen molar-refractivity contribution >= 4 is 17.8 Å². The summed E-state index contributed by atoms with van der Waals surface area (Å²) in [5, 5.41) is 2.64. The second-order valence-corrected chi connectivity index (χ2v) is 5.44. The van der Waals surface area contributed by atoms with Gasteiger partial charge in [-0.25, -0.2) is 0 Å². The SMILES string of the molecule is C[C@H](OC(=O)CCNC(=O)c1ccccc1)C(=O)N1CCOCC1. The maximum absolute atomic E-state index is 12.1. The van der Waals surface area contributed by atoms with E-state index in [0.29, 0.717) is 31.9 Å². The highest BCUT2D eigenvalue weighted by atomic mass is 16.5. The Hall–Kier alpha value is -2.41. The summed E-state index contributed by atoms with van der Waals surface area (Å²) in [7, 11) is 0. The molecule has 0 bridgehead atoms. The summed E-state index contributed by atoms with van der Waals surface area (Å²) < 4.78 is 10.3. The minimum atomic E-state index is -0.833. The molecule has 2 amide bonds. The van der Waals surface area contributed by atoms with Gasteiger partial charge in [0.05, 0.1) is 19.6 Å². The molecule has 0 spiro atoms. The van der Waals surface area contributed by atoms with Gasteiger partial charge < -0.3 is 19.7 Å². The van der Waals surface area contributed by atoms with Crippen LogP contribution in [0.1, 0.15) is 23.7 Å². The molecule has 1 heterocycles. The van der Waals surface area contributed by atoms with Gasteiger partial charge in [0.1, 0.15) is 0 Å². The Kier molecular flexibility index (Phi) is 6.74. The Balaban J connectivity index is 1.69. The van der Waals surface area contributed by atoms with Gasteiger partial charge in [-0.15, -0.1) is 0 Å². The molecule has 1 aromatic rings. The smallest absolute Gasteiger partial charge is 0.308 e. The van der Waals surface area contributed by atoms with E-state index in [2.05, 4.69) is 5.32 Å². The molecule has 1 atom stereocenters. The summed E-state index contributed by atoms with van der Waals surface area (Å²) in [5.74, 6) is -0.988. The van der Waals surface area contributed by atoms with E-state index in [0.717, 1.165) is 0 Å². The number of carbonyl (C=O) groups is 3. The Morgan fingerprint density at radius 1 is 1.21 bits per heavy atom. The molecule has 1 aliphatic heterocycles. The zero-order valence-corrected chi connectivity index (χ0v) is 13.7. The highest BCUT2D eigenvalue weighted by Gasteiger charge is 2.25. The molecule has 130 valence electrons. The van der Waals surface area contributed by atoms with Gasteiger partial charge in [0.25, 0.3) is 11.8 Å². The first-order valence-electron chi connectivity index (χ1n) is 7.97. The van der Waals surface area contributed by atoms with Crippen molar-refractivity contribution in [1.82, 2.24) is 10.2 Å². The summed E-state index contributed by atoms with van der Waals surface area (Å²) in [6.07, 6.45) is -0.820. The molecule has 1 N–H and O–H groups in total. The maximum atomic E-state index is 12.1. The zero-order valence-electron chi connectivity index (χ0n) is 13.7. The molecule has 0 unspecified atom stereocenters. The summed E-state index contributed by atoms with van der Waals surface area (Å²) >= 11 is 0. The van der Waals surface area contributed by atoms with Crippen molar-refractivity contribution in [2.75, 3.05) is 32.8 Å². The summed E-state index contributed by atoms with van der Waals surface area (Å²) in [6, 6.07) is 8.73. The normalized spacial score (nSPS) is 15.5. The lowest BCUT2D eigenvalue weighted by Crippen LogP contribution is -2.46. The topological polar surface area (TPSA) is 84.9 Å². The number of hydrogen-bond acceptors (Lipinski definition) is 5. The van der Waals surface area contributed by atoms with E-state index >= 15 is 0 Å². The Morgan fingerprint density at radius 3 is 2.54 bits per heavy atom. The fourth-order valence-corrected chi connectivity index (χ4v) is 2.32. The summed E-state index contributed by atoms with van der Waals surface area (Å²) in [5.41, 5.74) is 0.529. The van der Waals surface area contributed by atoms with Crippen LogP contribution in [0.5, 0.6) is 0 Å². The van der Waals surface area contributed by atoms with E-state index in [1.165, 1.54) is 0 Å². The van der Waals surface area contributed by atoms with E-state index in [1.54, 1.807) is 36.1 Å². The minimum Gasteiger partial charge on any atom is -0.452 e. The lowest BCUT2D eigenvalue weighted by atomic mass is 10.2. The average Bonchev–Trinajstić information content (AvgIpc) is 2.62. The number of nitrogens with zero attached hydrogens (tertiary/aromatic N) is 1. The van der Waals surface area contributed by atoms with Crippen molar-refractivity contribution in [1.29, 1.82) is 0 Å². The van der Waals surface area contributed by atoms with Crippen LogP contribution in [0.15, 0.2) is 30.3 Å². The molecular weight excluding hydrogens is 312 g/mol. The molecule has 1 aromatic carbocycles. The van der Waals surface area contributed by atoms with Crippen molar-refractivity contribution in [3.63, 3.8) is 0 Å². The predicted molar refractivity (Wildman–Crippen MR) is 86.3 cm³/mol. The highest BCUT2D eigenvalue weighted by Crippen LogP contribution is 2.04. The van der Waals surface area contributed by atoms with Gasteiger partial charge in [-0.3, -0.25) is 14.4 Å². The first-order chi connectivity index (χ1) is 11.6. The highest BCUT2D eigenvalue weighted by molar-refractivity contribution is 5.94. The number of rotatable bonds is 6. The van der Waals surface area contributed by atoms with E-state index in [-0.39, 0.29) is 24.8 Å². The molecule has 1 aliphatic rings. The third-order valence-corrected chi connectivity index (χ3v) is 3.63. The number of morpholine rings is 1. The van der Waals surface area contributed by atoms with Gasteiger partial charge in [0.2, 0.25) is 0 Å². The molecule has 7 heteroatoms. The average molecular weight is 334 g/mol. The quantitative estimate of drug-likeness (QED) is 0.770. The first kappa shape index (κ1) is 17.9. The number of amides is 2. The van der Waals surface area contributed by atoms with Crippen molar-refractivity contribution in [3.05, 3.63) is 35.9 Å². The van der Waals surface area contributed by atoms with Gasteiger partial charge in [-0.05, 0) is 19.1 Å². The van der Waals surface area contributed by atoms with Crippen molar-refractivity contribution in [2.24, 2.45) is 0 Å². The number of benzene rings is 1. The molecule has 2 rings (SSSR count). The number of nitrogens with one attached hydrogen (secondary N) is 1. The molecular formula is C17H22N2O5. The third-order valence-electron chi connectivity index (χ3n) is 3.63. The van der Waals surface area contributed by atoms with Gasteiger partial charge in [0.15, 0.2) is 6.10 Å². The van der Waals surface area contributed by atoms with E-state index in [1.807, 2.05) is 6.07 Å². The number of esters is 1. The standard InChI is InChI=1S/C17H22N2O5/c1-13(17(22)19-9-11-23-12-10-19)24-15(20)7-8-18-16(21)14-5-3-2-4-6-14/h2-6,13H,7-12H2,1H3,(H,18,21)/t13-/m0/s1. The van der Waals surface area contributed by atoms with Gasteiger partial charge >= 0.3 is 5.97 Å². The molecule has 0 saturated carbocycles. The Labute approximate surface area is 140 Å². The van der Waals surface area contributed by atoms with Crippen molar-refractivity contribution in [2.45, 2.75) is 19.4 Å². The lowest BCUT2D eigenvalue weighted by Gasteiger charge is -2.28. The fourth-order valence-electron chi connectivity index (χ4n) is 2.32. The van der Waals surface area contributed by atoms with Crippen molar-refractivity contribution in [3.8, 4) is 0 Å². The minimum absolute atomic E-state index is 0.0132. The number of hydrogen-bond donors (Lipinski definition) is 1. The molecule has 0 aliphatic carbocycles. The van der Waals surface area contributed by atoms with Crippen LogP contribution >= 0.6 is 0 Å². The van der Waals surface area contributed by atoms with Crippen LogP contribution in [0.2, 0.25) is 0 Å². The number of carbonyl (C=O) groups excluding carboxylic acids is 3. The van der Waals surface area contributed by atoms with Crippen LogP contribution in [0.3, 0.4) is 0 Å². The predicted octanol–water partition coefficient (Wildman–Crippen LogP) is 0.597. The second-order valence-electron chi connectivity index (χ2n) is 5.44. The second kappa shape index (κ2) is 9.02. The molecule has 0 radical (unpaired) electrons. The Bertz CT molecular complexity index is 570. The summed E-state index contributed by atoms with van der Waals surface area (Å²) in [6.45, 7) is 3.72. The van der Waals surface area contributed by atoms with E-state index in [9.17, 15) is 14.4 Å². The van der Waals surface area contributed by atoms with E-state index in [4.69, 9.17) is 9.47 Å². The number of ether oxygens (including phenoxy) is 2. The van der Waals surface area contributed by atoms with E-state index < -0.39 is 12.1 Å². The van der Waals surface area contributed by atoms with Crippen LogP contribution in [-0.4, -0.2) is 61.6 Å². The monoisotopic (exact) mass is 334 g/mol. The van der Waals surface area contributed by atoms with Crippen molar-refractivity contribution < 1.29 is 23.9 Å². The summed E-state index contributed by atoms with van der Waals surface area (Å²) in [4.78, 5) is 37.4. The first-order valence-corrected chi connectivity index (χ1v) is 7.97. The van der Waals surface area contributed by atoms with Crippen LogP contribution < -0.4 is 5.32 Å². The molecule has 1 fully saturated rings.